The first kappa shape index (κ1) is 12.8. The van der Waals surface area contributed by atoms with Crippen molar-refractivity contribution in [2.75, 3.05) is 11.9 Å². The minimum Gasteiger partial charge on any atom is -0.507 e. The summed E-state index contributed by atoms with van der Waals surface area (Å²) < 4.78 is 19.1. The zero-order valence-corrected chi connectivity index (χ0v) is 10.3. The van der Waals surface area contributed by atoms with Crippen LogP contribution in [0.1, 0.15) is 30.4 Å². The smallest absolute Gasteiger partial charge is 0.132 e. The number of hydrogen-bond acceptors (Lipinski definition) is 4. The monoisotopic (exact) mass is 252 g/mol. The van der Waals surface area contributed by atoms with Crippen LogP contribution in [0.15, 0.2) is 6.07 Å². The second-order valence-electron chi connectivity index (χ2n) is 4.44. The van der Waals surface area contributed by atoms with E-state index in [1.165, 1.54) is 13.0 Å². The van der Waals surface area contributed by atoms with Crippen molar-refractivity contribution in [2.24, 2.45) is 0 Å². The Labute approximate surface area is 105 Å². The Kier molecular flexibility index (Phi) is 3.81. The Morgan fingerprint density at radius 1 is 1.56 bits per heavy atom. The predicted molar refractivity (Wildman–Crippen MR) is 67.9 cm³/mol. The van der Waals surface area contributed by atoms with Gasteiger partial charge in [0.2, 0.25) is 0 Å². The molecule has 0 saturated carbocycles. The maximum absolute atomic E-state index is 13.6. The van der Waals surface area contributed by atoms with Gasteiger partial charge >= 0.3 is 0 Å². The Hall–Kier alpha value is -1.62. The predicted octanol–water partition coefficient (Wildman–Crippen LogP) is 2.78. The fraction of sp³-hybridized carbons (Fsp3) is 0.462. The van der Waals surface area contributed by atoms with Gasteiger partial charge in [0.15, 0.2) is 0 Å². The molecule has 1 aromatic rings. The van der Waals surface area contributed by atoms with Crippen LogP contribution >= 0.6 is 0 Å². The summed E-state index contributed by atoms with van der Waals surface area (Å²) in [4.78, 5) is 0. The first-order valence-corrected chi connectivity index (χ1v) is 6.04. The molecule has 1 aliphatic heterocycles. The number of hydrogen-bond donors (Lipinski definition) is 3. The van der Waals surface area contributed by atoms with E-state index in [4.69, 9.17) is 10.1 Å². The molecule has 0 bridgehead atoms. The van der Waals surface area contributed by atoms with Gasteiger partial charge in [0, 0.05) is 18.4 Å². The van der Waals surface area contributed by atoms with Gasteiger partial charge in [-0.2, -0.15) is 0 Å². The first-order chi connectivity index (χ1) is 8.63. The molecule has 1 atom stereocenters. The van der Waals surface area contributed by atoms with E-state index in [1.54, 1.807) is 0 Å². The van der Waals surface area contributed by atoms with Gasteiger partial charge < -0.3 is 20.6 Å². The van der Waals surface area contributed by atoms with Crippen molar-refractivity contribution >= 4 is 11.9 Å². The van der Waals surface area contributed by atoms with Crippen LogP contribution in [0, 0.1) is 18.2 Å². The summed E-state index contributed by atoms with van der Waals surface area (Å²) in [5.41, 5.74) is 0.851. The highest BCUT2D eigenvalue weighted by Gasteiger charge is 2.18. The number of phenolic OH excluding ortho intramolecular Hbond substituents is 1. The molecular formula is C13H17FN2O2. The first-order valence-electron chi connectivity index (χ1n) is 6.04. The lowest BCUT2D eigenvalue weighted by Crippen LogP contribution is -2.27. The van der Waals surface area contributed by atoms with Crippen molar-refractivity contribution in [3.63, 3.8) is 0 Å². The molecule has 1 aliphatic rings. The molecule has 2 rings (SSSR count). The maximum atomic E-state index is 13.6. The summed E-state index contributed by atoms with van der Waals surface area (Å²) in [6.07, 6.45) is 3.76. The molecule has 98 valence electrons. The van der Waals surface area contributed by atoms with Crippen molar-refractivity contribution in [3.8, 4) is 5.75 Å². The minimum atomic E-state index is -0.489. The van der Waals surface area contributed by atoms with Crippen LogP contribution in [0.5, 0.6) is 5.75 Å². The third-order valence-electron chi connectivity index (χ3n) is 3.17. The topological polar surface area (TPSA) is 65.3 Å². The van der Waals surface area contributed by atoms with E-state index < -0.39 is 5.82 Å². The van der Waals surface area contributed by atoms with Crippen LogP contribution in [0.4, 0.5) is 10.1 Å². The molecule has 1 heterocycles. The summed E-state index contributed by atoms with van der Waals surface area (Å²) in [5, 5.41) is 20.2. The Morgan fingerprint density at radius 2 is 2.33 bits per heavy atom. The Morgan fingerprint density at radius 3 is 2.94 bits per heavy atom. The molecule has 1 saturated heterocycles. The number of rotatable bonds is 3. The lowest BCUT2D eigenvalue weighted by Gasteiger charge is -2.25. The van der Waals surface area contributed by atoms with E-state index in [-0.39, 0.29) is 17.5 Å². The molecule has 18 heavy (non-hydrogen) atoms. The fourth-order valence-corrected chi connectivity index (χ4v) is 2.05. The van der Waals surface area contributed by atoms with Crippen LogP contribution in [0.3, 0.4) is 0 Å². The Bertz CT molecular complexity index is 457. The van der Waals surface area contributed by atoms with Gasteiger partial charge in [0.1, 0.15) is 17.8 Å². The van der Waals surface area contributed by atoms with E-state index in [9.17, 15) is 9.50 Å². The van der Waals surface area contributed by atoms with E-state index in [2.05, 4.69) is 5.32 Å². The molecular weight excluding hydrogens is 235 g/mol. The van der Waals surface area contributed by atoms with Gasteiger partial charge in [-0.3, -0.25) is 0 Å². The summed E-state index contributed by atoms with van der Waals surface area (Å²) in [6, 6.07) is 1.30. The number of anilines is 1. The van der Waals surface area contributed by atoms with Gasteiger partial charge in [0.25, 0.3) is 0 Å². The minimum absolute atomic E-state index is 0.156. The number of halogens is 1. The highest BCUT2D eigenvalue weighted by Crippen LogP contribution is 2.31. The molecule has 4 nitrogen and oxygen atoms in total. The molecule has 0 radical (unpaired) electrons. The maximum Gasteiger partial charge on any atom is 0.132 e. The van der Waals surface area contributed by atoms with Crippen molar-refractivity contribution < 1.29 is 14.2 Å². The molecule has 1 unspecified atom stereocenters. The lowest BCUT2D eigenvalue weighted by molar-refractivity contribution is 0.0343. The quantitative estimate of drug-likeness (QED) is 0.725. The number of phenols is 1. The molecule has 0 aliphatic carbocycles. The van der Waals surface area contributed by atoms with Crippen molar-refractivity contribution in [2.45, 2.75) is 32.4 Å². The van der Waals surface area contributed by atoms with E-state index >= 15 is 0 Å². The second-order valence-corrected chi connectivity index (χ2v) is 4.44. The van der Waals surface area contributed by atoms with Crippen LogP contribution < -0.4 is 5.32 Å². The van der Waals surface area contributed by atoms with E-state index in [0.29, 0.717) is 17.9 Å². The van der Waals surface area contributed by atoms with Crippen molar-refractivity contribution in [3.05, 3.63) is 23.0 Å². The molecule has 0 amide bonds. The van der Waals surface area contributed by atoms with Crippen LogP contribution in [-0.2, 0) is 4.74 Å². The molecule has 0 spiro atoms. The summed E-state index contributed by atoms with van der Waals surface area (Å²) in [6.45, 7) is 2.16. The highest BCUT2D eigenvalue weighted by atomic mass is 19.1. The average molecular weight is 252 g/mol. The van der Waals surface area contributed by atoms with Crippen LogP contribution in [-0.4, -0.2) is 24.2 Å². The SMILES string of the molecule is Cc1c(F)cc(NC2CCCCO2)c(C=N)c1O. The van der Waals surface area contributed by atoms with E-state index in [1.807, 2.05) is 0 Å². The van der Waals surface area contributed by atoms with Crippen LogP contribution in [0.2, 0.25) is 0 Å². The van der Waals surface area contributed by atoms with Gasteiger partial charge in [0.05, 0.1) is 11.3 Å². The Balaban J connectivity index is 2.28. The number of nitrogens with one attached hydrogen (secondary N) is 2. The third kappa shape index (κ3) is 2.46. The lowest BCUT2D eigenvalue weighted by atomic mass is 10.1. The van der Waals surface area contributed by atoms with Crippen LogP contribution in [0.25, 0.3) is 0 Å². The standard InChI is InChI=1S/C13H17FN2O2/c1-8-10(14)6-11(9(7-15)13(8)17)16-12-4-2-3-5-18-12/h6-7,12,15-17H,2-5H2,1H3. The average Bonchev–Trinajstić information content (AvgIpc) is 2.38. The van der Waals surface area contributed by atoms with Gasteiger partial charge in [-0.25, -0.2) is 4.39 Å². The molecule has 1 fully saturated rings. The highest BCUT2D eigenvalue weighted by molar-refractivity contribution is 5.90. The van der Waals surface area contributed by atoms with Gasteiger partial charge in [-0.1, -0.05) is 0 Å². The molecule has 3 N–H and O–H groups in total. The third-order valence-corrected chi connectivity index (χ3v) is 3.17. The zero-order chi connectivity index (χ0) is 13.1. The summed E-state index contributed by atoms with van der Waals surface area (Å²) in [7, 11) is 0. The fourth-order valence-electron chi connectivity index (χ4n) is 2.05. The largest absolute Gasteiger partial charge is 0.507 e. The number of ether oxygens (including phenoxy) is 1. The normalized spacial score (nSPS) is 19.6. The van der Waals surface area contributed by atoms with Gasteiger partial charge in [-0.15, -0.1) is 0 Å². The molecule has 5 heteroatoms. The van der Waals surface area contributed by atoms with E-state index in [0.717, 1.165) is 25.5 Å². The molecule has 1 aromatic carbocycles. The number of aromatic hydroxyl groups is 1. The van der Waals surface area contributed by atoms with Gasteiger partial charge in [-0.05, 0) is 32.3 Å². The summed E-state index contributed by atoms with van der Waals surface area (Å²) in [5.74, 6) is -0.681. The van der Waals surface area contributed by atoms with Crippen molar-refractivity contribution in [1.29, 1.82) is 5.41 Å². The number of benzene rings is 1. The van der Waals surface area contributed by atoms with Crippen molar-refractivity contribution in [1.82, 2.24) is 0 Å². The molecule has 0 aromatic heterocycles. The summed E-state index contributed by atoms with van der Waals surface area (Å²) >= 11 is 0. The second kappa shape index (κ2) is 5.35. The zero-order valence-electron chi connectivity index (χ0n) is 10.3.